The Labute approximate surface area is 109 Å². The number of nitrogens with zero attached hydrogens (tertiary/aromatic N) is 1. The van der Waals surface area contributed by atoms with Crippen molar-refractivity contribution < 1.29 is 23.0 Å². The van der Waals surface area contributed by atoms with Crippen LogP contribution in [0.4, 0.5) is 13.2 Å². The SMILES string of the molecule is OC(CNCCSC(F)(F)F)CN1CCOCC1. The minimum absolute atomic E-state index is 0.0340. The smallest absolute Gasteiger partial charge is 0.390 e. The van der Waals surface area contributed by atoms with Gasteiger partial charge >= 0.3 is 5.51 Å². The summed E-state index contributed by atoms with van der Waals surface area (Å²) in [6.45, 7) is 4.01. The van der Waals surface area contributed by atoms with Crippen LogP contribution in [0.25, 0.3) is 0 Å². The highest BCUT2D eigenvalue weighted by Gasteiger charge is 2.27. The number of nitrogens with one attached hydrogen (secondary N) is 1. The summed E-state index contributed by atoms with van der Waals surface area (Å²) >= 11 is -0.0502. The fraction of sp³-hybridized carbons (Fsp3) is 1.00. The molecule has 2 N–H and O–H groups in total. The second-order valence-electron chi connectivity index (χ2n) is 4.07. The van der Waals surface area contributed by atoms with Crippen LogP contribution in [0.5, 0.6) is 0 Å². The Kier molecular flexibility index (Phi) is 7.31. The predicted octanol–water partition coefficient (Wildman–Crippen LogP) is 0.522. The number of β-amino-alcohol motifs (C(OH)–C–C–N with tert-alkyl or cyclic N) is 1. The van der Waals surface area contributed by atoms with Crippen LogP contribution < -0.4 is 5.32 Å². The molecular formula is C10H19F3N2O2S. The third-order valence-corrected chi connectivity index (χ3v) is 3.23. The molecule has 1 fully saturated rings. The van der Waals surface area contributed by atoms with Gasteiger partial charge in [0.05, 0.1) is 19.3 Å². The first-order valence-corrected chi connectivity index (χ1v) is 6.85. The molecule has 0 aromatic heterocycles. The number of morpholine rings is 1. The van der Waals surface area contributed by atoms with Crippen molar-refractivity contribution in [1.82, 2.24) is 10.2 Å². The molecule has 0 aliphatic carbocycles. The molecular weight excluding hydrogens is 269 g/mol. The van der Waals surface area contributed by atoms with Crippen molar-refractivity contribution in [3.05, 3.63) is 0 Å². The van der Waals surface area contributed by atoms with Crippen LogP contribution in [0.15, 0.2) is 0 Å². The quantitative estimate of drug-likeness (QED) is 0.669. The van der Waals surface area contributed by atoms with Gasteiger partial charge in [-0.05, 0) is 11.8 Å². The summed E-state index contributed by atoms with van der Waals surface area (Å²) < 4.78 is 40.6. The first kappa shape index (κ1) is 16.0. The highest BCUT2D eigenvalue weighted by molar-refractivity contribution is 8.00. The molecule has 0 amide bonds. The van der Waals surface area contributed by atoms with Crippen molar-refractivity contribution in [1.29, 1.82) is 0 Å². The van der Waals surface area contributed by atoms with E-state index in [-0.39, 0.29) is 24.1 Å². The summed E-state index contributed by atoms with van der Waals surface area (Å²) in [6, 6.07) is 0. The molecule has 4 nitrogen and oxygen atoms in total. The lowest BCUT2D eigenvalue weighted by Crippen LogP contribution is -2.44. The number of ether oxygens (including phenoxy) is 1. The molecule has 18 heavy (non-hydrogen) atoms. The van der Waals surface area contributed by atoms with Crippen LogP contribution in [-0.4, -0.2) is 73.3 Å². The number of thioether (sulfide) groups is 1. The lowest BCUT2D eigenvalue weighted by atomic mass is 10.3. The van der Waals surface area contributed by atoms with E-state index < -0.39 is 11.6 Å². The zero-order valence-corrected chi connectivity index (χ0v) is 10.9. The van der Waals surface area contributed by atoms with E-state index in [0.29, 0.717) is 26.3 Å². The van der Waals surface area contributed by atoms with Crippen LogP contribution in [0.1, 0.15) is 0 Å². The normalized spacial score (nSPS) is 20.0. The van der Waals surface area contributed by atoms with E-state index in [4.69, 9.17) is 4.74 Å². The number of rotatable bonds is 7. The van der Waals surface area contributed by atoms with Gasteiger partial charge in [-0.25, -0.2) is 0 Å². The fourth-order valence-electron chi connectivity index (χ4n) is 1.65. The summed E-state index contributed by atoms with van der Waals surface area (Å²) in [5.74, 6) is -0.0340. The molecule has 0 spiro atoms. The minimum Gasteiger partial charge on any atom is -0.390 e. The van der Waals surface area contributed by atoms with Crippen molar-refractivity contribution in [2.24, 2.45) is 0 Å². The molecule has 1 aliphatic heterocycles. The van der Waals surface area contributed by atoms with Gasteiger partial charge in [-0.1, -0.05) is 0 Å². The molecule has 0 bridgehead atoms. The van der Waals surface area contributed by atoms with Gasteiger partial charge in [-0.2, -0.15) is 13.2 Å². The van der Waals surface area contributed by atoms with Gasteiger partial charge in [0.1, 0.15) is 0 Å². The molecule has 108 valence electrons. The van der Waals surface area contributed by atoms with Crippen molar-refractivity contribution in [2.45, 2.75) is 11.6 Å². The zero-order valence-electron chi connectivity index (χ0n) is 10.1. The van der Waals surface area contributed by atoms with Gasteiger partial charge in [-0.3, -0.25) is 4.90 Å². The molecule has 0 saturated carbocycles. The summed E-state index contributed by atoms with van der Waals surface area (Å²) in [5.41, 5.74) is -4.17. The lowest BCUT2D eigenvalue weighted by Gasteiger charge is -2.28. The standard InChI is InChI=1S/C10H19F3N2O2S/c11-10(12,13)18-6-1-14-7-9(16)8-15-2-4-17-5-3-15/h9,14,16H,1-8H2. The average Bonchev–Trinajstić information content (AvgIpc) is 2.28. The molecule has 0 radical (unpaired) electrons. The summed E-state index contributed by atoms with van der Waals surface area (Å²) in [6.07, 6.45) is -0.556. The molecule has 1 heterocycles. The number of aliphatic hydroxyl groups excluding tert-OH is 1. The highest BCUT2D eigenvalue weighted by atomic mass is 32.2. The van der Waals surface area contributed by atoms with E-state index in [2.05, 4.69) is 10.2 Å². The molecule has 0 aromatic carbocycles. The first-order chi connectivity index (χ1) is 8.47. The van der Waals surface area contributed by atoms with Gasteiger partial charge in [0, 0.05) is 38.5 Å². The molecule has 1 unspecified atom stereocenters. The number of aliphatic hydroxyl groups is 1. The Morgan fingerprint density at radius 3 is 2.61 bits per heavy atom. The molecule has 1 rings (SSSR count). The predicted molar refractivity (Wildman–Crippen MR) is 64.6 cm³/mol. The summed E-state index contributed by atoms with van der Waals surface area (Å²) in [7, 11) is 0. The number of alkyl halides is 3. The van der Waals surface area contributed by atoms with E-state index >= 15 is 0 Å². The monoisotopic (exact) mass is 288 g/mol. The Bertz CT molecular complexity index is 226. The maximum Gasteiger partial charge on any atom is 0.441 e. The van der Waals surface area contributed by atoms with Gasteiger partial charge in [-0.15, -0.1) is 0 Å². The largest absolute Gasteiger partial charge is 0.441 e. The van der Waals surface area contributed by atoms with E-state index in [1.165, 1.54) is 0 Å². The van der Waals surface area contributed by atoms with Crippen molar-refractivity contribution in [3.8, 4) is 0 Å². The third kappa shape index (κ3) is 8.15. The second kappa shape index (κ2) is 8.21. The van der Waals surface area contributed by atoms with Crippen molar-refractivity contribution in [3.63, 3.8) is 0 Å². The van der Waals surface area contributed by atoms with E-state index in [0.717, 1.165) is 13.1 Å². The van der Waals surface area contributed by atoms with Crippen LogP contribution in [0.2, 0.25) is 0 Å². The molecule has 1 atom stereocenters. The lowest BCUT2D eigenvalue weighted by molar-refractivity contribution is -0.0327. The van der Waals surface area contributed by atoms with Crippen LogP contribution in [0.3, 0.4) is 0 Å². The van der Waals surface area contributed by atoms with Crippen LogP contribution in [-0.2, 0) is 4.74 Å². The second-order valence-corrected chi connectivity index (χ2v) is 5.22. The molecule has 0 aromatic rings. The van der Waals surface area contributed by atoms with Gasteiger partial charge in [0.25, 0.3) is 0 Å². The van der Waals surface area contributed by atoms with E-state index in [1.54, 1.807) is 0 Å². The summed E-state index contributed by atoms with van der Waals surface area (Å²) in [5, 5.41) is 12.5. The Balaban J connectivity index is 1.97. The molecule has 8 heteroatoms. The van der Waals surface area contributed by atoms with Crippen molar-refractivity contribution >= 4 is 11.8 Å². The van der Waals surface area contributed by atoms with E-state index in [1.807, 2.05) is 0 Å². The maximum atomic E-state index is 11.8. The number of halogens is 3. The van der Waals surface area contributed by atoms with Gasteiger partial charge < -0.3 is 15.2 Å². The van der Waals surface area contributed by atoms with E-state index in [9.17, 15) is 18.3 Å². The highest BCUT2D eigenvalue weighted by Crippen LogP contribution is 2.29. The topological polar surface area (TPSA) is 44.7 Å². The number of hydrogen-bond acceptors (Lipinski definition) is 5. The Hall–Kier alpha value is -0.0200. The van der Waals surface area contributed by atoms with Crippen LogP contribution >= 0.6 is 11.8 Å². The average molecular weight is 288 g/mol. The zero-order chi connectivity index (χ0) is 13.4. The third-order valence-electron chi connectivity index (χ3n) is 2.50. The molecule has 1 saturated heterocycles. The Morgan fingerprint density at radius 1 is 1.33 bits per heavy atom. The summed E-state index contributed by atoms with van der Waals surface area (Å²) in [4.78, 5) is 2.08. The van der Waals surface area contributed by atoms with Crippen molar-refractivity contribution in [2.75, 3.05) is 51.7 Å². The minimum atomic E-state index is -4.17. The van der Waals surface area contributed by atoms with Gasteiger partial charge in [0.2, 0.25) is 0 Å². The maximum absolute atomic E-state index is 11.8. The molecule has 1 aliphatic rings. The van der Waals surface area contributed by atoms with Crippen LogP contribution in [0, 0.1) is 0 Å². The first-order valence-electron chi connectivity index (χ1n) is 5.87. The number of hydrogen-bond donors (Lipinski definition) is 2. The van der Waals surface area contributed by atoms with Gasteiger partial charge in [0.15, 0.2) is 0 Å². The Morgan fingerprint density at radius 2 is 2.00 bits per heavy atom. The fourth-order valence-corrected chi connectivity index (χ4v) is 2.13.